The lowest BCUT2D eigenvalue weighted by Crippen LogP contribution is -2.14. The van der Waals surface area contributed by atoms with Gasteiger partial charge in [0.1, 0.15) is 5.82 Å². The lowest BCUT2D eigenvalue weighted by atomic mass is 10.0. The van der Waals surface area contributed by atoms with Crippen molar-refractivity contribution in [2.24, 2.45) is 0 Å². The van der Waals surface area contributed by atoms with Gasteiger partial charge >= 0.3 is 0 Å². The highest BCUT2D eigenvalue weighted by Crippen LogP contribution is 2.39. The third-order valence-corrected chi connectivity index (χ3v) is 8.41. The van der Waals surface area contributed by atoms with Crippen LogP contribution in [-0.2, 0) is 22.9 Å². The van der Waals surface area contributed by atoms with Crippen LogP contribution in [0.2, 0.25) is 0 Å². The fourth-order valence-corrected chi connectivity index (χ4v) is 6.45. The number of aryl methyl sites for hydroxylation is 2. The highest BCUT2D eigenvalue weighted by molar-refractivity contribution is 7.92. The third-order valence-electron chi connectivity index (χ3n) is 6.09. The number of anilines is 2. The van der Waals surface area contributed by atoms with Crippen LogP contribution in [0, 0.1) is 5.82 Å². The molecule has 5 aromatic rings. The Bertz CT molecular complexity index is 1730. The molecule has 0 saturated heterocycles. The first-order valence-corrected chi connectivity index (χ1v) is 13.2. The predicted molar refractivity (Wildman–Crippen MR) is 136 cm³/mol. The van der Waals surface area contributed by atoms with E-state index in [0.717, 1.165) is 40.6 Å². The number of amides is 1. The van der Waals surface area contributed by atoms with Crippen LogP contribution < -0.4 is 10.0 Å². The summed E-state index contributed by atoms with van der Waals surface area (Å²) in [5, 5.41) is 5.76. The van der Waals surface area contributed by atoms with E-state index >= 15 is 0 Å². The van der Waals surface area contributed by atoms with Crippen LogP contribution >= 0.6 is 11.3 Å². The first-order chi connectivity index (χ1) is 16.9. The first-order valence-electron chi connectivity index (χ1n) is 10.9. The number of hydrogen-bond donors (Lipinski definition) is 2. The Balaban J connectivity index is 1.21. The summed E-state index contributed by atoms with van der Waals surface area (Å²) in [7, 11) is -3.87. The largest absolute Gasteiger partial charge is 0.298 e. The van der Waals surface area contributed by atoms with Crippen molar-refractivity contribution in [1.29, 1.82) is 0 Å². The average Bonchev–Trinajstić information content (AvgIpc) is 3.44. The topological polar surface area (TPSA) is 88.2 Å². The van der Waals surface area contributed by atoms with Crippen LogP contribution in [-0.4, -0.2) is 19.3 Å². The van der Waals surface area contributed by atoms with Crippen LogP contribution in [0.1, 0.15) is 21.5 Å². The molecule has 1 heterocycles. The van der Waals surface area contributed by atoms with Crippen LogP contribution in [0.4, 0.5) is 15.2 Å². The highest BCUT2D eigenvalue weighted by Gasteiger charge is 2.19. The Kier molecular flexibility index (Phi) is 5.05. The number of carbonyl (C=O) groups excluding carboxylic acids is 1. The summed E-state index contributed by atoms with van der Waals surface area (Å²) in [6.07, 6.45) is 2.06. The van der Waals surface area contributed by atoms with Crippen molar-refractivity contribution in [3.8, 4) is 0 Å². The molecule has 1 amide bonds. The van der Waals surface area contributed by atoms with Gasteiger partial charge in [0.05, 0.1) is 15.1 Å². The third kappa shape index (κ3) is 3.92. The molecule has 9 heteroatoms. The number of benzene rings is 4. The Labute approximate surface area is 204 Å². The molecule has 6 rings (SSSR count). The summed E-state index contributed by atoms with van der Waals surface area (Å²) in [4.78, 5) is 17.5. The van der Waals surface area contributed by atoms with Gasteiger partial charge in [-0.1, -0.05) is 29.5 Å². The second kappa shape index (κ2) is 8.14. The molecule has 0 spiro atoms. The molecular weight excluding hydrogens is 485 g/mol. The molecule has 1 aromatic heterocycles. The minimum absolute atomic E-state index is 0.0565. The minimum atomic E-state index is -3.87. The summed E-state index contributed by atoms with van der Waals surface area (Å²) >= 11 is 1.44. The zero-order valence-electron chi connectivity index (χ0n) is 18.2. The Morgan fingerprint density at radius 1 is 0.943 bits per heavy atom. The van der Waals surface area contributed by atoms with Gasteiger partial charge in [-0.15, -0.1) is 0 Å². The number of rotatable bonds is 5. The molecule has 35 heavy (non-hydrogen) atoms. The van der Waals surface area contributed by atoms with Gasteiger partial charge < -0.3 is 0 Å². The van der Waals surface area contributed by atoms with E-state index in [9.17, 15) is 17.6 Å². The summed E-state index contributed by atoms with van der Waals surface area (Å²) in [5.74, 6) is -0.858. The van der Waals surface area contributed by atoms with Gasteiger partial charge in [-0.25, -0.2) is 17.8 Å². The van der Waals surface area contributed by atoms with Crippen molar-refractivity contribution in [3.05, 3.63) is 95.3 Å². The van der Waals surface area contributed by atoms with Crippen molar-refractivity contribution in [2.75, 3.05) is 10.0 Å². The van der Waals surface area contributed by atoms with E-state index in [1.807, 2.05) is 0 Å². The van der Waals surface area contributed by atoms with Crippen LogP contribution in [0.5, 0.6) is 0 Å². The Morgan fingerprint density at radius 2 is 1.69 bits per heavy atom. The lowest BCUT2D eigenvalue weighted by Gasteiger charge is -2.09. The predicted octanol–water partition coefficient (Wildman–Crippen LogP) is 5.74. The molecular formula is C26H18FN3O3S2. The number of nitrogens with zero attached hydrogens (tertiary/aromatic N) is 1. The van der Waals surface area contributed by atoms with Gasteiger partial charge in [0.25, 0.3) is 15.9 Å². The number of halogens is 1. The molecule has 4 aromatic carbocycles. The smallest absolute Gasteiger partial charge is 0.261 e. The van der Waals surface area contributed by atoms with E-state index in [1.165, 1.54) is 64.2 Å². The number of nitrogens with one attached hydrogen (secondary N) is 2. The summed E-state index contributed by atoms with van der Waals surface area (Å²) in [6.45, 7) is 0. The number of sulfonamides is 1. The molecule has 0 fully saturated rings. The van der Waals surface area contributed by atoms with Crippen LogP contribution in [0.25, 0.3) is 21.0 Å². The second-order valence-electron chi connectivity index (χ2n) is 8.33. The number of fused-ring (bicyclic) bond motifs is 2. The second-order valence-corrected chi connectivity index (χ2v) is 11.0. The van der Waals surface area contributed by atoms with E-state index in [4.69, 9.17) is 4.98 Å². The molecule has 0 saturated carbocycles. The van der Waals surface area contributed by atoms with E-state index in [2.05, 4.69) is 34.3 Å². The maximum Gasteiger partial charge on any atom is 0.261 e. The molecule has 1 aliphatic carbocycles. The molecule has 0 aliphatic heterocycles. The number of carbonyl (C=O) groups is 1. The van der Waals surface area contributed by atoms with Gasteiger partial charge in [0.15, 0.2) is 5.13 Å². The van der Waals surface area contributed by atoms with Gasteiger partial charge in [-0.3, -0.25) is 14.8 Å². The molecule has 1 aliphatic rings. The quantitative estimate of drug-likeness (QED) is 0.320. The molecule has 0 bridgehead atoms. The van der Waals surface area contributed by atoms with Crippen molar-refractivity contribution in [2.45, 2.75) is 17.7 Å². The van der Waals surface area contributed by atoms with Gasteiger partial charge in [-0.05, 0) is 84.0 Å². The fourth-order valence-electron chi connectivity index (χ4n) is 4.44. The molecule has 2 N–H and O–H groups in total. The summed E-state index contributed by atoms with van der Waals surface area (Å²) in [6, 6.07) is 19.1. The van der Waals surface area contributed by atoms with Crippen molar-refractivity contribution < 1.29 is 17.6 Å². The molecule has 0 radical (unpaired) electrons. The zero-order valence-corrected chi connectivity index (χ0v) is 19.8. The molecule has 174 valence electrons. The van der Waals surface area contributed by atoms with Gasteiger partial charge in [0, 0.05) is 16.6 Å². The van der Waals surface area contributed by atoms with E-state index in [1.54, 1.807) is 0 Å². The molecule has 0 atom stereocenters. The molecule has 0 unspecified atom stereocenters. The average molecular weight is 504 g/mol. The van der Waals surface area contributed by atoms with Crippen LogP contribution in [0.3, 0.4) is 0 Å². The SMILES string of the molecule is O=C(Nc1nc2c(cc3c4c(cccc42)CC3)s1)c1ccc(NS(=O)(=O)c2ccc(F)cc2)cc1. The maximum atomic E-state index is 13.1. The van der Waals surface area contributed by atoms with Crippen LogP contribution in [0.15, 0.2) is 77.7 Å². The van der Waals surface area contributed by atoms with E-state index in [0.29, 0.717) is 10.7 Å². The zero-order chi connectivity index (χ0) is 24.2. The standard InChI is InChI=1S/C26H18FN3O3S2/c27-18-8-12-20(13-9-18)35(32,33)30-19-10-6-16(7-11-19)25(31)29-26-28-24-21-3-1-2-15-4-5-17(23(15)21)14-22(24)34-26/h1-3,6-14,30H,4-5H2,(H,28,29,31). The van der Waals surface area contributed by atoms with Crippen molar-refractivity contribution in [1.82, 2.24) is 4.98 Å². The fraction of sp³-hybridized carbons (Fsp3) is 0.0769. The number of hydrogen-bond acceptors (Lipinski definition) is 5. The summed E-state index contributed by atoms with van der Waals surface area (Å²) < 4.78 is 41.5. The summed E-state index contributed by atoms with van der Waals surface area (Å²) in [5.41, 5.74) is 4.20. The Hall–Kier alpha value is -3.82. The molecule has 6 nitrogen and oxygen atoms in total. The van der Waals surface area contributed by atoms with Gasteiger partial charge in [0.2, 0.25) is 0 Å². The van der Waals surface area contributed by atoms with Gasteiger partial charge in [-0.2, -0.15) is 0 Å². The van der Waals surface area contributed by atoms with Crippen molar-refractivity contribution in [3.63, 3.8) is 0 Å². The van der Waals surface area contributed by atoms with E-state index < -0.39 is 15.8 Å². The first kappa shape index (κ1) is 21.7. The normalized spacial score (nSPS) is 12.8. The van der Waals surface area contributed by atoms with E-state index in [-0.39, 0.29) is 16.5 Å². The Morgan fingerprint density at radius 3 is 2.46 bits per heavy atom. The number of aromatic nitrogens is 1. The van der Waals surface area contributed by atoms with Crippen molar-refractivity contribution >= 4 is 59.1 Å². The lowest BCUT2D eigenvalue weighted by molar-refractivity contribution is 0.102. The number of thiazole rings is 1. The monoisotopic (exact) mass is 503 g/mol. The minimum Gasteiger partial charge on any atom is -0.298 e. The highest BCUT2D eigenvalue weighted by atomic mass is 32.2. The maximum absolute atomic E-state index is 13.1.